The number of carbonyl (C=O) groups is 5. The number of guanidine groups is 1. The maximum atomic E-state index is 13.1. The van der Waals surface area contributed by atoms with E-state index in [0.717, 1.165) is 0 Å². The monoisotopic (exact) mass is 529 g/mol. The van der Waals surface area contributed by atoms with E-state index in [1.165, 1.54) is 0 Å². The summed E-state index contributed by atoms with van der Waals surface area (Å²) in [5.74, 6) is -3.79. The van der Waals surface area contributed by atoms with E-state index in [1.54, 1.807) is 0 Å². The number of nitrogens with one attached hydrogen (secondary N) is 6. The molecule has 0 aliphatic heterocycles. The Balaban J connectivity index is 5.17. The van der Waals surface area contributed by atoms with Gasteiger partial charge in [0.1, 0.15) is 18.6 Å². The van der Waals surface area contributed by atoms with Crippen molar-refractivity contribution in [3.8, 4) is 0 Å². The SMILES string of the molecule is CC(C)C[C@@H](NC(=O)[C@@H](N)CCCNC(=N)N)C(=O)N[C@@H](CCCCN)C(=O)NCC(=O)NCC(=O)O. The first kappa shape index (κ1) is 33.5. The lowest BCUT2D eigenvalue weighted by Gasteiger charge is -2.25. The van der Waals surface area contributed by atoms with Crippen LogP contribution in [0, 0.1) is 11.3 Å². The van der Waals surface area contributed by atoms with Gasteiger partial charge in [-0.05, 0) is 51.0 Å². The molecule has 15 heteroatoms. The van der Waals surface area contributed by atoms with E-state index in [4.69, 9.17) is 27.7 Å². The third kappa shape index (κ3) is 16.8. The molecule has 0 rings (SSSR count). The molecule has 3 atom stereocenters. The van der Waals surface area contributed by atoms with Gasteiger partial charge in [0, 0.05) is 6.54 Å². The van der Waals surface area contributed by atoms with Gasteiger partial charge in [-0.1, -0.05) is 13.8 Å². The van der Waals surface area contributed by atoms with Crippen LogP contribution < -0.4 is 43.8 Å². The molecular weight excluding hydrogens is 486 g/mol. The van der Waals surface area contributed by atoms with Crippen molar-refractivity contribution in [2.24, 2.45) is 23.1 Å². The van der Waals surface area contributed by atoms with Crippen LogP contribution in [0.5, 0.6) is 0 Å². The van der Waals surface area contributed by atoms with E-state index in [2.05, 4.69) is 26.6 Å². The Bertz CT molecular complexity index is 778. The van der Waals surface area contributed by atoms with E-state index in [0.29, 0.717) is 45.2 Å². The lowest BCUT2D eigenvalue weighted by molar-refractivity contribution is -0.138. The summed E-state index contributed by atoms with van der Waals surface area (Å²) in [5, 5.41) is 28.2. The number of nitrogens with two attached hydrogens (primary N) is 3. The summed E-state index contributed by atoms with van der Waals surface area (Å²) in [6.07, 6.45) is 2.47. The Morgan fingerprint density at radius 1 is 0.838 bits per heavy atom. The molecule has 0 bridgehead atoms. The summed E-state index contributed by atoms with van der Waals surface area (Å²) in [7, 11) is 0. The fraction of sp³-hybridized carbons (Fsp3) is 0.727. The van der Waals surface area contributed by atoms with Crippen molar-refractivity contribution in [2.45, 2.75) is 70.5 Å². The largest absolute Gasteiger partial charge is 0.480 e. The number of carbonyl (C=O) groups excluding carboxylic acids is 4. The number of aliphatic carboxylic acids is 1. The van der Waals surface area contributed by atoms with Gasteiger partial charge < -0.3 is 48.9 Å². The predicted molar refractivity (Wildman–Crippen MR) is 137 cm³/mol. The quantitative estimate of drug-likeness (QED) is 0.0461. The molecular formula is C22H43N9O6. The number of unbranched alkanes of at least 4 members (excludes halogenated alkanes) is 1. The number of hydrogen-bond acceptors (Lipinski definition) is 8. The lowest BCUT2D eigenvalue weighted by Crippen LogP contribution is -2.56. The van der Waals surface area contributed by atoms with Crippen LogP contribution in [0.2, 0.25) is 0 Å². The summed E-state index contributed by atoms with van der Waals surface area (Å²) in [4.78, 5) is 60.6. The third-order valence-corrected chi connectivity index (χ3v) is 5.12. The van der Waals surface area contributed by atoms with Crippen LogP contribution in [0.1, 0.15) is 52.4 Å². The molecule has 0 aromatic heterocycles. The molecule has 13 N–H and O–H groups in total. The standard InChI is InChI=1S/C22H43N9O6/c1-13(2)10-16(31-19(35)14(24)6-5-9-27-22(25)26)21(37)30-15(7-3-4-8-23)20(36)29-11-17(32)28-12-18(33)34/h13-16H,3-12,23-24H2,1-2H3,(H,28,32)(H,29,36)(H,30,37)(H,31,35)(H,33,34)(H4,25,26,27)/t14-,15-,16+/m0/s1. The van der Waals surface area contributed by atoms with E-state index in [-0.39, 0.29) is 18.3 Å². The van der Waals surface area contributed by atoms with Crippen molar-refractivity contribution in [3.05, 3.63) is 0 Å². The van der Waals surface area contributed by atoms with Gasteiger partial charge in [0.25, 0.3) is 0 Å². The summed E-state index contributed by atoms with van der Waals surface area (Å²) < 4.78 is 0. The molecule has 4 amide bonds. The minimum atomic E-state index is -1.22. The van der Waals surface area contributed by atoms with Gasteiger partial charge in [0.2, 0.25) is 23.6 Å². The molecule has 37 heavy (non-hydrogen) atoms. The maximum absolute atomic E-state index is 13.1. The van der Waals surface area contributed by atoms with E-state index in [1.807, 2.05) is 13.8 Å². The molecule has 0 aliphatic carbocycles. The van der Waals surface area contributed by atoms with Gasteiger partial charge in [-0.15, -0.1) is 0 Å². The first-order valence-corrected chi connectivity index (χ1v) is 12.3. The molecule has 0 aromatic carbocycles. The zero-order valence-electron chi connectivity index (χ0n) is 21.6. The summed E-state index contributed by atoms with van der Waals surface area (Å²) >= 11 is 0. The number of carboxylic acid groups (broad SMARTS) is 1. The maximum Gasteiger partial charge on any atom is 0.322 e. The summed E-state index contributed by atoms with van der Waals surface area (Å²) in [6.45, 7) is 3.47. The summed E-state index contributed by atoms with van der Waals surface area (Å²) in [5.41, 5.74) is 16.7. The zero-order chi connectivity index (χ0) is 28.4. The lowest BCUT2D eigenvalue weighted by atomic mass is 10.0. The van der Waals surface area contributed by atoms with Crippen molar-refractivity contribution >= 4 is 35.6 Å². The van der Waals surface area contributed by atoms with Gasteiger partial charge >= 0.3 is 5.97 Å². The molecule has 0 aromatic rings. The van der Waals surface area contributed by atoms with Crippen molar-refractivity contribution < 1.29 is 29.1 Å². The first-order valence-electron chi connectivity index (χ1n) is 12.3. The van der Waals surface area contributed by atoms with Crippen molar-refractivity contribution in [1.29, 1.82) is 5.41 Å². The minimum absolute atomic E-state index is 0.0366. The number of carboxylic acids is 1. The average molecular weight is 530 g/mol. The highest BCUT2D eigenvalue weighted by atomic mass is 16.4. The molecule has 0 saturated heterocycles. The smallest absolute Gasteiger partial charge is 0.322 e. The number of amides is 4. The molecule has 0 fully saturated rings. The third-order valence-electron chi connectivity index (χ3n) is 5.12. The molecule has 0 unspecified atom stereocenters. The highest BCUT2D eigenvalue weighted by molar-refractivity contribution is 5.94. The molecule has 0 saturated carbocycles. The topological polar surface area (TPSA) is 268 Å². The van der Waals surface area contributed by atoms with Crippen molar-refractivity contribution in [2.75, 3.05) is 26.2 Å². The second kappa shape index (κ2) is 18.8. The van der Waals surface area contributed by atoms with Gasteiger partial charge in [0.15, 0.2) is 5.96 Å². The van der Waals surface area contributed by atoms with Crippen LogP contribution >= 0.6 is 0 Å². The highest BCUT2D eigenvalue weighted by Gasteiger charge is 2.28. The van der Waals surface area contributed by atoms with Crippen molar-refractivity contribution in [3.63, 3.8) is 0 Å². The number of rotatable bonds is 19. The van der Waals surface area contributed by atoms with Gasteiger partial charge in [0.05, 0.1) is 12.6 Å². The molecule has 212 valence electrons. The van der Waals surface area contributed by atoms with Crippen LogP contribution in [-0.4, -0.2) is 85.0 Å². The van der Waals surface area contributed by atoms with E-state index < -0.39 is 60.8 Å². The van der Waals surface area contributed by atoms with Crippen LogP contribution in [0.15, 0.2) is 0 Å². The highest BCUT2D eigenvalue weighted by Crippen LogP contribution is 2.08. The second-order valence-electron chi connectivity index (χ2n) is 9.01. The summed E-state index contributed by atoms with van der Waals surface area (Å²) in [6, 6.07) is -2.83. The molecule has 0 spiro atoms. The second-order valence-corrected chi connectivity index (χ2v) is 9.01. The van der Waals surface area contributed by atoms with Crippen LogP contribution in [0.25, 0.3) is 0 Å². The van der Waals surface area contributed by atoms with Crippen molar-refractivity contribution in [1.82, 2.24) is 26.6 Å². The fourth-order valence-electron chi connectivity index (χ4n) is 3.22. The molecule has 15 nitrogen and oxygen atoms in total. The van der Waals surface area contributed by atoms with Gasteiger partial charge in [-0.2, -0.15) is 0 Å². The Hall–Kier alpha value is -3.46. The molecule has 0 radical (unpaired) electrons. The number of hydrogen-bond donors (Lipinski definition) is 10. The minimum Gasteiger partial charge on any atom is -0.480 e. The zero-order valence-corrected chi connectivity index (χ0v) is 21.6. The Morgan fingerprint density at radius 2 is 1.49 bits per heavy atom. The average Bonchev–Trinajstić information content (AvgIpc) is 2.82. The Morgan fingerprint density at radius 3 is 2.05 bits per heavy atom. The fourth-order valence-corrected chi connectivity index (χ4v) is 3.22. The van der Waals surface area contributed by atoms with Gasteiger partial charge in [-0.25, -0.2) is 0 Å². The molecule has 0 aliphatic rings. The van der Waals surface area contributed by atoms with Crippen LogP contribution in [-0.2, 0) is 24.0 Å². The van der Waals surface area contributed by atoms with E-state index in [9.17, 15) is 24.0 Å². The first-order chi connectivity index (χ1) is 17.4. The van der Waals surface area contributed by atoms with Gasteiger partial charge in [-0.3, -0.25) is 29.4 Å². The predicted octanol–water partition coefficient (Wildman–Crippen LogP) is -2.96. The van der Waals surface area contributed by atoms with Crippen LogP contribution in [0.3, 0.4) is 0 Å². The molecule has 0 heterocycles. The Kier molecular flexibility index (Phi) is 17.0. The normalized spacial score (nSPS) is 13.1. The van der Waals surface area contributed by atoms with E-state index >= 15 is 0 Å². The van der Waals surface area contributed by atoms with Crippen LogP contribution in [0.4, 0.5) is 0 Å². The Labute approximate surface area is 216 Å².